The summed E-state index contributed by atoms with van der Waals surface area (Å²) in [6.45, 7) is 25.1. The molecule has 41 heavy (non-hydrogen) atoms. The zero-order valence-corrected chi connectivity index (χ0v) is 30.0. The van der Waals surface area contributed by atoms with Gasteiger partial charge in [-0.2, -0.15) is 32.8 Å². The van der Waals surface area contributed by atoms with E-state index in [0.29, 0.717) is 12.5 Å². The van der Waals surface area contributed by atoms with Crippen molar-refractivity contribution in [1.82, 2.24) is 10.1 Å². The smallest absolute Gasteiger partial charge is 0.183 e. The zero-order valence-electron chi connectivity index (χ0n) is 27.4. The fourth-order valence-electron chi connectivity index (χ4n) is 4.30. The molecule has 2 unspecified atom stereocenters. The molecule has 1 aliphatic rings. The highest BCUT2D eigenvalue weighted by Crippen LogP contribution is 2.35. The van der Waals surface area contributed by atoms with E-state index in [1.165, 1.54) is 28.5 Å². The van der Waals surface area contributed by atoms with Gasteiger partial charge < -0.3 is 24.7 Å². The molecule has 2 atom stereocenters. The number of hydrogen-bond donors (Lipinski definition) is 3. The van der Waals surface area contributed by atoms with Crippen LogP contribution in [0.4, 0.5) is 0 Å². The third-order valence-electron chi connectivity index (χ3n) is 6.87. The Bertz CT molecular complexity index is 919. The van der Waals surface area contributed by atoms with Gasteiger partial charge in [-0.25, -0.2) is 0 Å². The summed E-state index contributed by atoms with van der Waals surface area (Å²) in [6.07, 6.45) is 2.56. The highest BCUT2D eigenvalue weighted by molar-refractivity contribution is 7.08. The van der Waals surface area contributed by atoms with Gasteiger partial charge in [-0.3, -0.25) is 0 Å². The van der Waals surface area contributed by atoms with Crippen molar-refractivity contribution in [3.63, 3.8) is 0 Å². The van der Waals surface area contributed by atoms with Crippen LogP contribution < -0.4 is 0 Å². The van der Waals surface area contributed by atoms with Crippen molar-refractivity contribution in [1.29, 1.82) is 0 Å². The van der Waals surface area contributed by atoms with Gasteiger partial charge in [0.05, 0.1) is 36.4 Å². The second-order valence-corrected chi connectivity index (χ2v) is 19.8. The van der Waals surface area contributed by atoms with Gasteiger partial charge in [0.2, 0.25) is 0 Å². The van der Waals surface area contributed by atoms with Crippen molar-refractivity contribution >= 4 is 31.0 Å². The minimum absolute atomic E-state index is 0.00138. The van der Waals surface area contributed by atoms with E-state index in [1.807, 2.05) is 44.5 Å². The van der Waals surface area contributed by atoms with Crippen LogP contribution in [0, 0.1) is 11.8 Å². The Morgan fingerprint density at radius 1 is 0.829 bits per heavy atom. The molecule has 1 fully saturated rings. The van der Waals surface area contributed by atoms with Crippen molar-refractivity contribution in [3.8, 4) is 0 Å². The van der Waals surface area contributed by atoms with Crippen molar-refractivity contribution in [2.75, 3.05) is 26.4 Å². The van der Waals surface area contributed by atoms with Crippen LogP contribution in [0.5, 0.6) is 0 Å². The quantitative estimate of drug-likeness (QED) is 0.160. The molecule has 1 aliphatic heterocycles. The predicted octanol–water partition coefficient (Wildman–Crippen LogP) is 8.47. The first-order valence-corrected chi connectivity index (χ1v) is 20.1. The molecule has 1 saturated heterocycles. The van der Waals surface area contributed by atoms with Crippen LogP contribution in [0.25, 0.3) is 0 Å². The number of hydrogen-bond acceptors (Lipinski definition) is 9. The van der Waals surface area contributed by atoms with E-state index < -0.39 is 19.4 Å². The van der Waals surface area contributed by atoms with Crippen LogP contribution in [0.3, 0.4) is 0 Å². The van der Waals surface area contributed by atoms with Gasteiger partial charge in [-0.1, -0.05) is 27.7 Å². The second-order valence-electron chi connectivity index (χ2n) is 13.7. The molecule has 3 N–H and O–H groups in total. The van der Waals surface area contributed by atoms with Gasteiger partial charge in [-0.15, -0.1) is 0 Å². The third-order valence-corrected chi connectivity index (χ3v) is 9.29. The van der Waals surface area contributed by atoms with Gasteiger partial charge in [0.15, 0.2) is 8.32 Å². The highest BCUT2D eigenvalue weighted by atomic mass is 32.1. The average molecular weight is 631 g/mol. The summed E-state index contributed by atoms with van der Waals surface area (Å²) < 4.78 is 10.9. The number of aliphatic hydroxyl groups excluding tert-OH is 1. The lowest BCUT2D eigenvalue weighted by Crippen LogP contribution is -2.50. The van der Waals surface area contributed by atoms with Crippen molar-refractivity contribution in [2.45, 2.75) is 111 Å². The molecule has 0 aliphatic carbocycles. The van der Waals surface area contributed by atoms with Gasteiger partial charge in [0.1, 0.15) is 0 Å². The van der Waals surface area contributed by atoms with E-state index in [9.17, 15) is 15.5 Å². The first-order chi connectivity index (χ1) is 18.9. The summed E-state index contributed by atoms with van der Waals surface area (Å²) in [6, 6.07) is 4.04. The molecule has 10 heteroatoms. The number of aliphatic hydroxyl groups is 1. The Hall–Kier alpha value is -0.663. The fourth-order valence-corrected chi connectivity index (χ4v) is 6.46. The summed E-state index contributed by atoms with van der Waals surface area (Å²) in [7, 11) is -1.58. The highest BCUT2D eigenvalue weighted by Gasteiger charge is 2.36. The van der Waals surface area contributed by atoms with Crippen molar-refractivity contribution in [3.05, 3.63) is 44.8 Å². The summed E-state index contributed by atoms with van der Waals surface area (Å²) in [5.74, 6) is 0.617. The van der Waals surface area contributed by atoms with Gasteiger partial charge >= 0.3 is 0 Å². The van der Waals surface area contributed by atoms with Crippen LogP contribution in [0.1, 0.15) is 91.4 Å². The van der Waals surface area contributed by atoms with E-state index in [0.717, 1.165) is 18.8 Å². The number of hydroxylamine groups is 4. The van der Waals surface area contributed by atoms with E-state index in [1.54, 1.807) is 22.7 Å². The van der Waals surface area contributed by atoms with Gasteiger partial charge in [0, 0.05) is 13.2 Å². The lowest BCUT2D eigenvalue weighted by molar-refractivity contribution is -0.214. The molecular formula is C31H58N2O5S2Si. The SMILES string of the molecule is C1CCOC1.CC(C)C(c1ccsc1)N(O)C(C)(C)CO.CC(C)C(c1ccsc1)N(O)C(C)(C)CO[Si](C)(C)C. The minimum atomic E-state index is -1.58. The van der Waals surface area contributed by atoms with E-state index in [4.69, 9.17) is 9.16 Å². The molecule has 2 aromatic rings. The standard InChI is InChI=1S/C15H29NO2SSi.C12H21NO2S.C4H8O/c1-12(2)14(13-8-9-19-10-13)16(17)15(3,4)11-18-20(5,6)7;1-9(2)11(10-5-6-16-7-10)13(15)12(3,4)8-14;1-2-4-5-3-1/h8-10,12,14,17H,11H2,1-7H3;5-7,9,11,14-15H,8H2,1-4H3;1-4H2. The Labute approximate surface area is 259 Å². The molecule has 7 nitrogen and oxygen atoms in total. The van der Waals surface area contributed by atoms with Crippen molar-refractivity contribution < 1.29 is 24.7 Å². The van der Waals surface area contributed by atoms with Gasteiger partial charge in [-0.05, 0) is 117 Å². The molecule has 0 radical (unpaired) electrons. The van der Waals surface area contributed by atoms with Crippen LogP contribution in [0.15, 0.2) is 33.7 Å². The molecular weight excluding hydrogens is 573 g/mol. The second kappa shape index (κ2) is 17.6. The topological polar surface area (TPSA) is 85.6 Å². The fraction of sp³-hybridized carbons (Fsp3) is 0.742. The van der Waals surface area contributed by atoms with Crippen LogP contribution in [-0.2, 0) is 9.16 Å². The largest absolute Gasteiger partial charge is 0.416 e. The third kappa shape index (κ3) is 13.2. The summed E-state index contributed by atoms with van der Waals surface area (Å²) in [5, 5.41) is 41.3. The first kappa shape index (κ1) is 38.4. The van der Waals surface area contributed by atoms with E-state index in [2.05, 4.69) is 64.2 Å². The number of rotatable bonds is 12. The Morgan fingerprint density at radius 2 is 1.24 bits per heavy atom. The summed E-state index contributed by atoms with van der Waals surface area (Å²) in [4.78, 5) is 0. The van der Waals surface area contributed by atoms with Crippen molar-refractivity contribution in [2.24, 2.45) is 11.8 Å². The van der Waals surface area contributed by atoms with Crippen LogP contribution >= 0.6 is 22.7 Å². The van der Waals surface area contributed by atoms with E-state index in [-0.39, 0.29) is 24.6 Å². The lowest BCUT2D eigenvalue weighted by Gasteiger charge is -2.41. The molecule has 0 aromatic carbocycles. The molecule has 0 saturated carbocycles. The van der Waals surface area contributed by atoms with Crippen LogP contribution in [0.2, 0.25) is 19.6 Å². The maximum absolute atomic E-state index is 10.7. The average Bonchev–Trinajstić information content (AvgIpc) is 3.68. The molecule has 0 amide bonds. The molecule has 0 spiro atoms. The zero-order chi connectivity index (χ0) is 31.4. The summed E-state index contributed by atoms with van der Waals surface area (Å²) in [5.41, 5.74) is 1.24. The lowest BCUT2D eigenvalue weighted by atomic mass is 9.94. The Balaban J connectivity index is 0.000000355. The number of nitrogens with zero attached hydrogens (tertiary/aromatic N) is 2. The Morgan fingerprint density at radius 3 is 1.51 bits per heavy atom. The molecule has 2 aromatic heterocycles. The maximum atomic E-state index is 10.7. The van der Waals surface area contributed by atoms with Crippen LogP contribution in [-0.4, -0.2) is 71.5 Å². The Kier molecular flexibility index (Phi) is 16.5. The maximum Gasteiger partial charge on any atom is 0.183 e. The molecule has 3 rings (SSSR count). The predicted molar refractivity (Wildman–Crippen MR) is 176 cm³/mol. The number of ether oxygens (including phenoxy) is 1. The summed E-state index contributed by atoms with van der Waals surface area (Å²) >= 11 is 3.29. The molecule has 0 bridgehead atoms. The number of thiophene rings is 2. The first-order valence-electron chi connectivity index (χ1n) is 14.8. The monoisotopic (exact) mass is 630 g/mol. The molecule has 238 valence electrons. The van der Waals surface area contributed by atoms with E-state index >= 15 is 0 Å². The minimum Gasteiger partial charge on any atom is -0.416 e. The van der Waals surface area contributed by atoms with Gasteiger partial charge in [0.25, 0.3) is 0 Å². The molecule has 3 heterocycles. The normalized spacial score (nSPS) is 16.0.